The Kier molecular flexibility index (Phi) is 6.72. The molecule has 1 atom stereocenters. The van der Waals surface area contributed by atoms with E-state index in [1.807, 2.05) is 78.9 Å². The van der Waals surface area contributed by atoms with E-state index in [2.05, 4.69) is 10.3 Å². The van der Waals surface area contributed by atoms with Gasteiger partial charge in [-0.3, -0.25) is 4.98 Å². The van der Waals surface area contributed by atoms with Gasteiger partial charge in [-0.2, -0.15) is 0 Å². The van der Waals surface area contributed by atoms with Crippen molar-refractivity contribution in [3.8, 4) is 5.75 Å². The molecule has 0 spiro atoms. The Balaban J connectivity index is 1.49. The zero-order valence-electron chi connectivity index (χ0n) is 17.3. The van der Waals surface area contributed by atoms with Crippen molar-refractivity contribution in [3.05, 3.63) is 108 Å². The van der Waals surface area contributed by atoms with Crippen LogP contribution in [0.3, 0.4) is 0 Å². The first-order chi connectivity index (χ1) is 15.7. The molecule has 160 valence electrons. The normalized spacial score (nSPS) is 11.5. The molecule has 4 aromatic rings. The lowest BCUT2D eigenvalue weighted by molar-refractivity contribution is -0.136. The topological polar surface area (TPSA) is 77.5 Å². The molecule has 3 aromatic carbocycles. The number of benzene rings is 3. The number of nitrogens with one attached hydrogen (secondary N) is 1. The number of amides is 1. The number of esters is 1. The van der Waals surface area contributed by atoms with E-state index in [4.69, 9.17) is 9.47 Å². The molecule has 0 bridgehead atoms. The van der Waals surface area contributed by atoms with Crippen molar-refractivity contribution in [3.63, 3.8) is 0 Å². The maximum atomic E-state index is 13.1. The third-order valence-electron chi connectivity index (χ3n) is 4.88. The van der Waals surface area contributed by atoms with Crippen LogP contribution in [0.1, 0.15) is 11.1 Å². The van der Waals surface area contributed by atoms with Crippen molar-refractivity contribution in [2.24, 2.45) is 0 Å². The van der Waals surface area contributed by atoms with E-state index in [-0.39, 0.29) is 13.0 Å². The second-order valence-electron chi connectivity index (χ2n) is 7.20. The average molecular weight is 426 g/mol. The summed E-state index contributed by atoms with van der Waals surface area (Å²) >= 11 is 0. The van der Waals surface area contributed by atoms with Crippen LogP contribution >= 0.6 is 0 Å². The van der Waals surface area contributed by atoms with Crippen LogP contribution < -0.4 is 10.1 Å². The summed E-state index contributed by atoms with van der Waals surface area (Å²) in [5, 5.41) is 3.50. The minimum absolute atomic E-state index is 0.104. The summed E-state index contributed by atoms with van der Waals surface area (Å²) < 4.78 is 11.0. The minimum atomic E-state index is -0.931. The van der Waals surface area contributed by atoms with E-state index < -0.39 is 18.1 Å². The fourth-order valence-electron chi connectivity index (χ4n) is 3.29. The molecule has 1 N–H and O–H groups in total. The van der Waals surface area contributed by atoms with Gasteiger partial charge in [0.15, 0.2) is 5.75 Å². The molecule has 6 nitrogen and oxygen atoms in total. The van der Waals surface area contributed by atoms with E-state index in [9.17, 15) is 9.59 Å². The summed E-state index contributed by atoms with van der Waals surface area (Å²) in [5.74, 6) is -0.255. The zero-order valence-corrected chi connectivity index (χ0v) is 17.3. The number of rotatable bonds is 7. The van der Waals surface area contributed by atoms with Crippen molar-refractivity contribution >= 4 is 23.0 Å². The van der Waals surface area contributed by atoms with Gasteiger partial charge >= 0.3 is 12.1 Å². The third kappa shape index (κ3) is 5.49. The molecule has 1 aromatic heterocycles. The number of pyridine rings is 1. The quantitative estimate of drug-likeness (QED) is 0.343. The maximum absolute atomic E-state index is 13.1. The van der Waals surface area contributed by atoms with Crippen LogP contribution in [-0.4, -0.2) is 23.1 Å². The Labute approximate surface area is 185 Å². The second-order valence-corrected chi connectivity index (χ2v) is 7.20. The molecule has 0 aliphatic heterocycles. The van der Waals surface area contributed by atoms with Crippen LogP contribution in [0.25, 0.3) is 10.9 Å². The fraction of sp³-hybridized carbons (Fsp3) is 0.115. The lowest BCUT2D eigenvalue weighted by Crippen LogP contribution is -2.44. The molecule has 32 heavy (non-hydrogen) atoms. The van der Waals surface area contributed by atoms with Crippen molar-refractivity contribution in [1.82, 2.24) is 10.3 Å². The lowest BCUT2D eigenvalue weighted by atomic mass is 10.1. The largest absolute Gasteiger partial charge is 0.445 e. The van der Waals surface area contributed by atoms with Gasteiger partial charge in [-0.15, -0.1) is 0 Å². The lowest BCUT2D eigenvalue weighted by Gasteiger charge is -2.18. The molecule has 0 aliphatic rings. The SMILES string of the molecule is O=C(N[C@@H](Cc1ccccc1)C(=O)Oc1cccc2cccnc12)OCc1ccccc1. The van der Waals surface area contributed by atoms with Crippen LogP contribution in [0.15, 0.2) is 97.2 Å². The minimum Gasteiger partial charge on any atom is -0.445 e. The van der Waals surface area contributed by atoms with Gasteiger partial charge in [0.1, 0.15) is 18.2 Å². The van der Waals surface area contributed by atoms with Crippen molar-refractivity contribution in [1.29, 1.82) is 0 Å². The summed E-state index contributed by atoms with van der Waals surface area (Å²) in [6.07, 6.45) is 1.21. The van der Waals surface area contributed by atoms with Gasteiger partial charge in [0.05, 0.1) is 0 Å². The molecule has 6 heteroatoms. The number of nitrogens with zero attached hydrogens (tertiary/aromatic N) is 1. The Morgan fingerprint density at radius 1 is 0.812 bits per heavy atom. The number of alkyl carbamates (subject to hydrolysis) is 1. The molecule has 4 rings (SSSR count). The number of carbonyl (C=O) groups excluding carboxylic acids is 2. The Hall–Kier alpha value is -4.19. The maximum Gasteiger partial charge on any atom is 0.408 e. The van der Waals surface area contributed by atoms with Crippen LogP contribution in [-0.2, 0) is 22.6 Å². The number of ether oxygens (including phenoxy) is 2. The molecule has 1 amide bonds. The monoisotopic (exact) mass is 426 g/mol. The standard InChI is InChI=1S/C26H22N2O4/c29-25(32-23-15-7-13-21-14-8-16-27-24(21)23)22(17-19-9-3-1-4-10-19)28-26(30)31-18-20-11-5-2-6-12-20/h1-16,22H,17-18H2,(H,28,30)/t22-/m0/s1. The molecular weight excluding hydrogens is 404 g/mol. The van der Waals surface area contributed by atoms with Crippen molar-refractivity contribution < 1.29 is 19.1 Å². The molecule has 0 aliphatic carbocycles. The predicted octanol–water partition coefficient (Wildman–Crippen LogP) is 4.68. The first-order valence-electron chi connectivity index (χ1n) is 10.3. The van der Waals surface area contributed by atoms with E-state index >= 15 is 0 Å². The van der Waals surface area contributed by atoms with Crippen molar-refractivity contribution in [2.45, 2.75) is 19.1 Å². The molecule has 0 saturated heterocycles. The average Bonchev–Trinajstić information content (AvgIpc) is 2.84. The van der Waals surface area contributed by atoms with Gasteiger partial charge < -0.3 is 14.8 Å². The first kappa shape index (κ1) is 21.1. The van der Waals surface area contributed by atoms with Crippen LogP contribution in [0.2, 0.25) is 0 Å². The van der Waals surface area contributed by atoms with E-state index in [1.165, 1.54) is 0 Å². The summed E-state index contributed by atoms with van der Waals surface area (Å²) in [5.41, 5.74) is 2.31. The predicted molar refractivity (Wildman–Crippen MR) is 121 cm³/mol. The van der Waals surface area contributed by atoms with Crippen molar-refractivity contribution in [2.75, 3.05) is 0 Å². The van der Waals surface area contributed by atoms with Crippen LogP contribution in [0, 0.1) is 0 Å². The first-order valence-corrected chi connectivity index (χ1v) is 10.3. The number of fused-ring (bicyclic) bond motifs is 1. The summed E-state index contributed by atoms with van der Waals surface area (Å²) in [7, 11) is 0. The van der Waals surface area contributed by atoms with Crippen LogP contribution in [0.5, 0.6) is 5.75 Å². The molecule has 0 radical (unpaired) electrons. The van der Waals surface area contributed by atoms with E-state index in [0.29, 0.717) is 11.3 Å². The van der Waals surface area contributed by atoms with Gasteiger partial charge in [0.25, 0.3) is 0 Å². The molecule has 0 fully saturated rings. The highest BCUT2D eigenvalue weighted by Gasteiger charge is 2.25. The molecular formula is C26H22N2O4. The third-order valence-corrected chi connectivity index (χ3v) is 4.88. The number of para-hydroxylation sites is 1. The van der Waals surface area contributed by atoms with E-state index in [1.54, 1.807) is 18.3 Å². The molecule has 0 saturated carbocycles. The number of carbonyl (C=O) groups is 2. The van der Waals surface area contributed by atoms with E-state index in [0.717, 1.165) is 16.5 Å². The van der Waals surface area contributed by atoms with Gasteiger partial charge in [0.2, 0.25) is 0 Å². The molecule has 1 heterocycles. The Bertz CT molecular complexity index is 1190. The Morgan fingerprint density at radius 3 is 2.25 bits per heavy atom. The van der Waals surface area contributed by atoms with Gasteiger partial charge in [-0.1, -0.05) is 78.9 Å². The van der Waals surface area contributed by atoms with Gasteiger partial charge in [-0.25, -0.2) is 9.59 Å². The zero-order chi connectivity index (χ0) is 22.2. The van der Waals surface area contributed by atoms with Gasteiger partial charge in [-0.05, 0) is 23.3 Å². The summed E-state index contributed by atoms with van der Waals surface area (Å²) in [6.45, 7) is 0.104. The highest BCUT2D eigenvalue weighted by Crippen LogP contribution is 2.23. The Morgan fingerprint density at radius 2 is 1.50 bits per heavy atom. The number of hydrogen-bond donors (Lipinski definition) is 1. The fourth-order valence-corrected chi connectivity index (χ4v) is 3.29. The van der Waals surface area contributed by atoms with Crippen LogP contribution in [0.4, 0.5) is 4.79 Å². The smallest absolute Gasteiger partial charge is 0.408 e. The molecule has 0 unspecified atom stereocenters. The summed E-state index contributed by atoms with van der Waals surface area (Å²) in [6, 6.07) is 26.9. The summed E-state index contributed by atoms with van der Waals surface area (Å²) in [4.78, 5) is 29.8. The highest BCUT2D eigenvalue weighted by molar-refractivity contribution is 5.89. The van der Waals surface area contributed by atoms with Gasteiger partial charge in [0, 0.05) is 18.0 Å². The number of aromatic nitrogens is 1. The highest BCUT2D eigenvalue weighted by atomic mass is 16.6. The number of hydrogen-bond acceptors (Lipinski definition) is 5. The second kappa shape index (κ2) is 10.2.